The van der Waals surface area contributed by atoms with Crippen LogP contribution in [0.2, 0.25) is 5.02 Å². The highest BCUT2D eigenvalue weighted by molar-refractivity contribution is 6.30. The Morgan fingerprint density at radius 1 is 1.15 bits per heavy atom. The average molecular weight is 370 g/mol. The molecule has 0 aliphatic rings. The van der Waals surface area contributed by atoms with Gasteiger partial charge in [-0.3, -0.25) is 9.89 Å². The normalized spacial score (nSPS) is 10.8. The van der Waals surface area contributed by atoms with Crippen LogP contribution >= 0.6 is 11.6 Å². The highest BCUT2D eigenvalue weighted by Gasteiger charge is 2.15. The van der Waals surface area contributed by atoms with Crippen LogP contribution in [0.1, 0.15) is 29.8 Å². The van der Waals surface area contributed by atoms with Crippen LogP contribution in [0.5, 0.6) is 5.75 Å². The van der Waals surface area contributed by atoms with Crippen molar-refractivity contribution in [3.05, 3.63) is 70.9 Å². The van der Waals surface area contributed by atoms with Crippen LogP contribution in [-0.4, -0.2) is 22.2 Å². The van der Waals surface area contributed by atoms with Crippen molar-refractivity contribution in [2.75, 3.05) is 0 Å². The van der Waals surface area contributed by atoms with E-state index in [9.17, 15) is 4.79 Å². The van der Waals surface area contributed by atoms with Gasteiger partial charge in [0, 0.05) is 17.1 Å². The number of hydrogen-bond donors (Lipinski definition) is 2. The molecule has 2 N–H and O–H groups in total. The summed E-state index contributed by atoms with van der Waals surface area (Å²) in [6.45, 7) is 4.39. The summed E-state index contributed by atoms with van der Waals surface area (Å²) < 4.78 is 5.62. The minimum atomic E-state index is -0.189. The van der Waals surface area contributed by atoms with Crippen molar-refractivity contribution in [3.63, 3.8) is 0 Å². The lowest BCUT2D eigenvalue weighted by atomic mass is 10.1. The fraction of sp³-hybridized carbons (Fsp3) is 0.200. The topological polar surface area (TPSA) is 67.0 Å². The summed E-state index contributed by atoms with van der Waals surface area (Å²) in [4.78, 5) is 12.5. The maximum Gasteiger partial charge on any atom is 0.255 e. The number of hydrogen-bond acceptors (Lipinski definition) is 3. The summed E-state index contributed by atoms with van der Waals surface area (Å²) >= 11 is 5.92. The highest BCUT2D eigenvalue weighted by atomic mass is 35.5. The summed E-state index contributed by atoms with van der Waals surface area (Å²) in [6, 6.07) is 14.9. The molecule has 3 rings (SSSR count). The van der Waals surface area contributed by atoms with Crippen molar-refractivity contribution in [1.82, 2.24) is 15.5 Å². The van der Waals surface area contributed by atoms with Crippen LogP contribution in [0.4, 0.5) is 0 Å². The van der Waals surface area contributed by atoms with Crippen LogP contribution in [0.3, 0.4) is 0 Å². The largest absolute Gasteiger partial charge is 0.491 e. The van der Waals surface area contributed by atoms with Crippen molar-refractivity contribution in [2.24, 2.45) is 0 Å². The first kappa shape index (κ1) is 18.0. The van der Waals surface area contributed by atoms with E-state index >= 15 is 0 Å². The van der Waals surface area contributed by atoms with Gasteiger partial charge in [0.2, 0.25) is 0 Å². The molecule has 6 heteroatoms. The van der Waals surface area contributed by atoms with Crippen LogP contribution in [-0.2, 0) is 6.54 Å². The molecule has 0 fully saturated rings. The third-order valence-electron chi connectivity index (χ3n) is 3.77. The molecule has 0 radical (unpaired) electrons. The van der Waals surface area contributed by atoms with E-state index in [2.05, 4.69) is 15.5 Å². The van der Waals surface area contributed by atoms with Gasteiger partial charge in [0.25, 0.3) is 5.91 Å². The molecule has 0 saturated carbocycles. The molecule has 2 aromatic carbocycles. The molecule has 26 heavy (non-hydrogen) atoms. The first-order valence-electron chi connectivity index (χ1n) is 8.36. The third kappa shape index (κ3) is 4.43. The van der Waals surface area contributed by atoms with E-state index in [4.69, 9.17) is 16.3 Å². The summed E-state index contributed by atoms with van der Waals surface area (Å²) in [7, 11) is 0. The van der Waals surface area contributed by atoms with Gasteiger partial charge >= 0.3 is 0 Å². The zero-order chi connectivity index (χ0) is 18.5. The summed E-state index contributed by atoms with van der Waals surface area (Å²) in [5.74, 6) is 0.626. The molecule has 0 aliphatic carbocycles. The van der Waals surface area contributed by atoms with Crippen molar-refractivity contribution in [2.45, 2.75) is 26.5 Å². The van der Waals surface area contributed by atoms with Gasteiger partial charge in [0.15, 0.2) is 0 Å². The second-order valence-corrected chi connectivity index (χ2v) is 6.60. The van der Waals surface area contributed by atoms with Crippen LogP contribution in [0.25, 0.3) is 11.3 Å². The lowest BCUT2D eigenvalue weighted by Crippen LogP contribution is -2.23. The van der Waals surface area contributed by atoms with Gasteiger partial charge in [0.05, 0.1) is 23.6 Å². The number of H-pyrrole nitrogens is 1. The first-order valence-corrected chi connectivity index (χ1v) is 8.74. The molecule has 1 aromatic heterocycles. The molecule has 0 saturated heterocycles. The van der Waals surface area contributed by atoms with E-state index < -0.39 is 0 Å². The zero-order valence-corrected chi connectivity index (χ0v) is 15.4. The Hall–Kier alpha value is -2.79. The van der Waals surface area contributed by atoms with Crippen LogP contribution < -0.4 is 10.1 Å². The van der Waals surface area contributed by atoms with Gasteiger partial charge in [-0.1, -0.05) is 35.9 Å². The van der Waals surface area contributed by atoms with Gasteiger partial charge in [-0.05, 0) is 43.7 Å². The number of nitrogens with zero attached hydrogens (tertiary/aromatic N) is 1. The van der Waals surface area contributed by atoms with Crippen LogP contribution in [0, 0.1) is 0 Å². The van der Waals surface area contributed by atoms with Crippen molar-refractivity contribution in [3.8, 4) is 17.0 Å². The molecule has 5 nitrogen and oxygen atoms in total. The SMILES string of the molecule is CC(C)Oc1ccc(CNC(=O)c2cn[nH]c2-c2ccc(Cl)cc2)cc1. The van der Waals surface area contributed by atoms with Gasteiger partial charge in [-0.15, -0.1) is 0 Å². The smallest absolute Gasteiger partial charge is 0.255 e. The molecule has 0 unspecified atom stereocenters. The minimum absolute atomic E-state index is 0.132. The zero-order valence-electron chi connectivity index (χ0n) is 14.6. The molecule has 0 bridgehead atoms. The number of carbonyl (C=O) groups is 1. The molecule has 0 atom stereocenters. The van der Waals surface area contributed by atoms with E-state index in [1.54, 1.807) is 12.1 Å². The van der Waals surface area contributed by atoms with Crippen LogP contribution in [0.15, 0.2) is 54.7 Å². The predicted octanol–water partition coefficient (Wildman–Crippen LogP) is 4.45. The summed E-state index contributed by atoms with van der Waals surface area (Å²) in [5, 5.41) is 10.4. The lowest BCUT2D eigenvalue weighted by Gasteiger charge is -2.10. The van der Waals surface area contributed by atoms with Gasteiger partial charge in [-0.2, -0.15) is 5.10 Å². The summed E-state index contributed by atoms with van der Waals surface area (Å²) in [5.41, 5.74) is 3.00. The third-order valence-corrected chi connectivity index (χ3v) is 4.02. The molecule has 0 aliphatic heterocycles. The van der Waals surface area contributed by atoms with Gasteiger partial charge < -0.3 is 10.1 Å². The molecule has 3 aromatic rings. The van der Waals surface area contributed by atoms with E-state index in [1.807, 2.05) is 50.2 Å². The maximum atomic E-state index is 12.5. The lowest BCUT2D eigenvalue weighted by molar-refractivity contribution is 0.0951. The number of amides is 1. The highest BCUT2D eigenvalue weighted by Crippen LogP contribution is 2.23. The fourth-order valence-electron chi connectivity index (χ4n) is 2.53. The Balaban J connectivity index is 1.66. The quantitative estimate of drug-likeness (QED) is 0.674. The van der Waals surface area contributed by atoms with Gasteiger partial charge in [0.1, 0.15) is 5.75 Å². The Morgan fingerprint density at radius 2 is 1.85 bits per heavy atom. The Kier molecular flexibility index (Phi) is 5.58. The summed E-state index contributed by atoms with van der Waals surface area (Å²) in [6.07, 6.45) is 1.66. The Bertz CT molecular complexity index is 871. The molecule has 1 amide bonds. The number of aromatic nitrogens is 2. The maximum absolute atomic E-state index is 12.5. The van der Waals surface area contributed by atoms with E-state index in [-0.39, 0.29) is 12.0 Å². The number of rotatable bonds is 6. The van der Waals surface area contributed by atoms with Gasteiger partial charge in [-0.25, -0.2) is 0 Å². The first-order chi connectivity index (χ1) is 12.5. The molecular weight excluding hydrogens is 350 g/mol. The van der Waals surface area contributed by atoms with E-state index in [0.717, 1.165) is 16.9 Å². The molecule has 0 spiro atoms. The number of halogens is 1. The monoisotopic (exact) mass is 369 g/mol. The number of aromatic amines is 1. The van der Waals surface area contributed by atoms with E-state index in [0.29, 0.717) is 22.8 Å². The van der Waals surface area contributed by atoms with Crippen molar-refractivity contribution in [1.29, 1.82) is 0 Å². The standard InChI is InChI=1S/C20H20ClN3O2/c1-13(2)26-17-9-3-14(4-10-17)11-22-20(25)18-12-23-24-19(18)15-5-7-16(21)8-6-15/h3-10,12-13H,11H2,1-2H3,(H,22,25)(H,23,24). The Morgan fingerprint density at radius 3 is 2.50 bits per heavy atom. The molecular formula is C20H20ClN3O2. The number of carbonyl (C=O) groups excluding carboxylic acids is 1. The average Bonchev–Trinajstić information content (AvgIpc) is 3.11. The minimum Gasteiger partial charge on any atom is -0.491 e. The number of benzene rings is 2. The van der Waals surface area contributed by atoms with E-state index in [1.165, 1.54) is 6.20 Å². The predicted molar refractivity (Wildman–Crippen MR) is 102 cm³/mol. The Labute approximate surface area is 157 Å². The molecule has 1 heterocycles. The second kappa shape index (κ2) is 8.06. The van der Waals surface area contributed by atoms with Crippen molar-refractivity contribution >= 4 is 17.5 Å². The second-order valence-electron chi connectivity index (χ2n) is 6.16. The number of nitrogens with one attached hydrogen (secondary N) is 2. The molecule has 134 valence electrons. The van der Waals surface area contributed by atoms with Crippen molar-refractivity contribution < 1.29 is 9.53 Å². The number of ether oxygens (including phenoxy) is 1. The fourth-order valence-corrected chi connectivity index (χ4v) is 2.66.